The lowest BCUT2D eigenvalue weighted by molar-refractivity contribution is 0.557. The molecule has 0 aliphatic carbocycles. The summed E-state index contributed by atoms with van der Waals surface area (Å²) in [5.74, 6) is 0.718. The quantitative estimate of drug-likeness (QED) is 0.791. The van der Waals surface area contributed by atoms with E-state index in [0.29, 0.717) is 0 Å². The molecule has 1 heterocycles. The lowest BCUT2D eigenvalue weighted by atomic mass is 10.1. The Morgan fingerprint density at radius 2 is 2.16 bits per heavy atom. The highest BCUT2D eigenvalue weighted by molar-refractivity contribution is 5.80. The van der Waals surface area contributed by atoms with Crippen molar-refractivity contribution in [2.24, 2.45) is 5.92 Å². The number of fused-ring (bicyclic) bond motifs is 1. The first-order chi connectivity index (χ1) is 9.25. The van der Waals surface area contributed by atoms with Crippen molar-refractivity contribution in [2.45, 2.75) is 20.3 Å². The van der Waals surface area contributed by atoms with Gasteiger partial charge in [0, 0.05) is 11.6 Å². The molecule has 0 amide bonds. The molecule has 1 aromatic heterocycles. The third-order valence-corrected chi connectivity index (χ3v) is 2.98. The van der Waals surface area contributed by atoms with E-state index in [1.807, 2.05) is 12.3 Å². The Morgan fingerprint density at radius 1 is 1.26 bits per heavy atom. The van der Waals surface area contributed by atoms with Crippen LogP contribution in [0.2, 0.25) is 0 Å². The summed E-state index contributed by atoms with van der Waals surface area (Å²) in [6, 6.07) is 10.5. The van der Waals surface area contributed by atoms with Crippen molar-refractivity contribution in [3.05, 3.63) is 48.2 Å². The van der Waals surface area contributed by atoms with Crippen molar-refractivity contribution in [1.82, 2.24) is 10.3 Å². The van der Waals surface area contributed by atoms with Gasteiger partial charge in [-0.1, -0.05) is 44.2 Å². The lowest BCUT2D eigenvalue weighted by Gasteiger charge is -2.04. The summed E-state index contributed by atoms with van der Waals surface area (Å²) in [7, 11) is 0. The molecule has 0 aliphatic rings. The highest BCUT2D eigenvalue weighted by Crippen LogP contribution is 2.14. The van der Waals surface area contributed by atoms with Crippen LogP contribution in [0.15, 0.2) is 42.6 Å². The third-order valence-electron chi connectivity index (χ3n) is 2.98. The number of pyridine rings is 1. The Hall–Kier alpha value is -1.67. The largest absolute Gasteiger partial charge is 0.316 e. The van der Waals surface area contributed by atoms with Crippen LogP contribution in [-0.2, 0) is 0 Å². The summed E-state index contributed by atoms with van der Waals surface area (Å²) in [5.41, 5.74) is 2.28. The molecular formula is C17H22N2. The number of nitrogens with one attached hydrogen (secondary N) is 1. The second-order valence-electron chi connectivity index (χ2n) is 5.24. The zero-order chi connectivity index (χ0) is 13.5. The molecule has 0 unspecified atom stereocenters. The molecular weight excluding hydrogens is 232 g/mol. The molecule has 0 fully saturated rings. The van der Waals surface area contributed by atoms with Crippen molar-refractivity contribution in [2.75, 3.05) is 13.1 Å². The molecule has 0 atom stereocenters. The van der Waals surface area contributed by atoms with Crippen molar-refractivity contribution in [1.29, 1.82) is 0 Å². The van der Waals surface area contributed by atoms with Gasteiger partial charge < -0.3 is 5.32 Å². The molecule has 0 spiro atoms. The first kappa shape index (κ1) is 13.8. The summed E-state index contributed by atoms with van der Waals surface area (Å²) in [5, 5.41) is 4.63. The van der Waals surface area contributed by atoms with E-state index in [1.165, 1.54) is 10.9 Å². The van der Waals surface area contributed by atoms with Crippen LogP contribution in [0.1, 0.15) is 25.8 Å². The van der Waals surface area contributed by atoms with E-state index in [4.69, 9.17) is 0 Å². The van der Waals surface area contributed by atoms with Crippen LogP contribution in [-0.4, -0.2) is 18.1 Å². The molecule has 2 nitrogen and oxygen atoms in total. The van der Waals surface area contributed by atoms with Crippen molar-refractivity contribution >= 4 is 17.0 Å². The van der Waals surface area contributed by atoms with Crippen molar-refractivity contribution < 1.29 is 0 Å². The summed E-state index contributed by atoms with van der Waals surface area (Å²) >= 11 is 0. The van der Waals surface area contributed by atoms with Gasteiger partial charge in [-0.05, 0) is 43.1 Å². The number of aromatic nitrogens is 1. The normalized spacial score (nSPS) is 11.7. The summed E-state index contributed by atoms with van der Waals surface area (Å²) in [4.78, 5) is 4.37. The van der Waals surface area contributed by atoms with E-state index in [1.54, 1.807) is 0 Å². The molecule has 1 N–H and O–H groups in total. The average Bonchev–Trinajstić information content (AvgIpc) is 2.42. The van der Waals surface area contributed by atoms with E-state index in [9.17, 15) is 0 Å². The summed E-state index contributed by atoms with van der Waals surface area (Å²) in [6.07, 6.45) is 7.29. The lowest BCUT2D eigenvalue weighted by Crippen LogP contribution is -2.20. The van der Waals surface area contributed by atoms with Crippen molar-refractivity contribution in [3.63, 3.8) is 0 Å². The van der Waals surface area contributed by atoms with Gasteiger partial charge in [-0.25, -0.2) is 0 Å². The topological polar surface area (TPSA) is 24.9 Å². The molecule has 0 bridgehead atoms. The van der Waals surface area contributed by atoms with Gasteiger partial charge in [0.05, 0.1) is 5.52 Å². The van der Waals surface area contributed by atoms with E-state index < -0.39 is 0 Å². The molecule has 2 aromatic rings. The van der Waals surface area contributed by atoms with E-state index >= 15 is 0 Å². The predicted molar refractivity (Wildman–Crippen MR) is 83.1 cm³/mol. The van der Waals surface area contributed by atoms with Gasteiger partial charge in [-0.2, -0.15) is 0 Å². The van der Waals surface area contributed by atoms with Gasteiger partial charge in [0.2, 0.25) is 0 Å². The number of hydrogen-bond acceptors (Lipinski definition) is 2. The number of benzene rings is 1. The van der Waals surface area contributed by atoms with Gasteiger partial charge in [-0.15, -0.1) is 0 Å². The zero-order valence-electron chi connectivity index (χ0n) is 11.8. The Balaban J connectivity index is 1.87. The second-order valence-corrected chi connectivity index (χ2v) is 5.24. The van der Waals surface area contributed by atoms with Crippen LogP contribution < -0.4 is 5.32 Å². The Kier molecular flexibility index (Phi) is 5.10. The molecule has 19 heavy (non-hydrogen) atoms. The molecule has 0 saturated heterocycles. The third kappa shape index (κ3) is 4.49. The standard InChI is InChI=1S/C17H22N2/c1-14(2)13-18-10-4-3-6-15-8-9-16-7-5-11-19-17(16)12-15/h3,5-9,11-12,14,18H,4,10,13H2,1-2H3/b6-3+. The first-order valence-electron chi connectivity index (χ1n) is 6.98. The van der Waals surface area contributed by atoms with E-state index in [0.717, 1.165) is 30.9 Å². The van der Waals surface area contributed by atoms with Gasteiger partial charge in [0.1, 0.15) is 0 Å². The van der Waals surface area contributed by atoms with Crippen LogP contribution in [0.5, 0.6) is 0 Å². The van der Waals surface area contributed by atoms with Crippen LogP contribution in [0, 0.1) is 5.92 Å². The van der Waals surface area contributed by atoms with Crippen LogP contribution in [0.4, 0.5) is 0 Å². The summed E-state index contributed by atoms with van der Waals surface area (Å²) < 4.78 is 0. The minimum absolute atomic E-state index is 0.718. The summed E-state index contributed by atoms with van der Waals surface area (Å²) in [6.45, 7) is 6.59. The number of nitrogens with zero attached hydrogens (tertiary/aromatic N) is 1. The maximum atomic E-state index is 4.37. The molecule has 0 saturated carbocycles. The SMILES string of the molecule is CC(C)CNCC/C=C/c1ccc2cccnc2c1. The molecule has 1 aromatic carbocycles. The fraction of sp³-hybridized carbons (Fsp3) is 0.353. The number of hydrogen-bond donors (Lipinski definition) is 1. The molecule has 0 radical (unpaired) electrons. The zero-order valence-corrected chi connectivity index (χ0v) is 11.8. The Labute approximate surface area is 115 Å². The number of rotatable bonds is 6. The first-order valence-corrected chi connectivity index (χ1v) is 6.98. The minimum Gasteiger partial charge on any atom is -0.316 e. The van der Waals surface area contributed by atoms with Gasteiger partial charge in [0.15, 0.2) is 0 Å². The van der Waals surface area contributed by atoms with Gasteiger partial charge in [0.25, 0.3) is 0 Å². The average molecular weight is 254 g/mol. The predicted octanol–water partition coefficient (Wildman–Crippen LogP) is 3.88. The van der Waals surface area contributed by atoms with Crippen LogP contribution in [0.25, 0.3) is 17.0 Å². The van der Waals surface area contributed by atoms with E-state index in [2.05, 4.69) is 60.6 Å². The van der Waals surface area contributed by atoms with Gasteiger partial charge in [-0.3, -0.25) is 4.98 Å². The maximum absolute atomic E-state index is 4.37. The molecule has 0 aliphatic heterocycles. The minimum atomic E-state index is 0.718. The Morgan fingerprint density at radius 3 is 3.00 bits per heavy atom. The van der Waals surface area contributed by atoms with Crippen molar-refractivity contribution in [3.8, 4) is 0 Å². The Bertz CT molecular complexity index is 544. The highest BCUT2D eigenvalue weighted by atomic mass is 14.8. The fourth-order valence-electron chi connectivity index (χ4n) is 1.98. The molecule has 100 valence electrons. The van der Waals surface area contributed by atoms with Crippen LogP contribution >= 0.6 is 0 Å². The van der Waals surface area contributed by atoms with Gasteiger partial charge >= 0.3 is 0 Å². The second kappa shape index (κ2) is 7.05. The van der Waals surface area contributed by atoms with Crippen LogP contribution in [0.3, 0.4) is 0 Å². The highest BCUT2D eigenvalue weighted by Gasteiger charge is 1.94. The fourth-order valence-corrected chi connectivity index (χ4v) is 1.98. The molecule has 2 heteroatoms. The van der Waals surface area contributed by atoms with E-state index in [-0.39, 0.29) is 0 Å². The molecule has 2 rings (SSSR count). The maximum Gasteiger partial charge on any atom is 0.0707 e. The smallest absolute Gasteiger partial charge is 0.0707 e. The monoisotopic (exact) mass is 254 g/mol.